The first-order valence-electron chi connectivity index (χ1n) is 6.65. The normalized spacial score (nSPS) is 15.1. The van der Waals surface area contributed by atoms with Crippen LogP contribution >= 0.6 is 0 Å². The van der Waals surface area contributed by atoms with Gasteiger partial charge in [0.2, 0.25) is 0 Å². The highest BCUT2D eigenvalue weighted by atomic mass is 19.1. The lowest BCUT2D eigenvalue weighted by molar-refractivity contribution is 0.605. The molecule has 3 aromatic rings. The van der Waals surface area contributed by atoms with E-state index >= 15 is 0 Å². The van der Waals surface area contributed by atoms with E-state index in [9.17, 15) is 4.39 Å². The van der Waals surface area contributed by atoms with Gasteiger partial charge >= 0.3 is 0 Å². The van der Waals surface area contributed by atoms with Gasteiger partial charge in [0.25, 0.3) is 0 Å². The molecular formula is C14H14FN5. The van der Waals surface area contributed by atoms with E-state index in [1.54, 1.807) is 29.2 Å². The van der Waals surface area contributed by atoms with Gasteiger partial charge < -0.3 is 10.3 Å². The number of nitrogens with two attached hydrogens (primary N) is 1. The van der Waals surface area contributed by atoms with Gasteiger partial charge in [0, 0.05) is 12.2 Å². The maximum absolute atomic E-state index is 13.5. The molecule has 5 nitrogen and oxygen atoms in total. The number of nitrogens with zero attached hydrogens (tertiary/aromatic N) is 4. The lowest BCUT2D eigenvalue weighted by atomic mass is 10.3. The summed E-state index contributed by atoms with van der Waals surface area (Å²) in [6.45, 7) is 0.546. The van der Waals surface area contributed by atoms with Crippen LogP contribution in [0, 0.1) is 5.82 Å². The van der Waals surface area contributed by atoms with Gasteiger partial charge in [-0.25, -0.2) is 9.37 Å². The molecule has 2 N–H and O–H groups in total. The minimum atomic E-state index is -0.228. The summed E-state index contributed by atoms with van der Waals surface area (Å²) in [5.74, 6) is 0.672. The molecule has 0 atom stereocenters. The molecule has 0 radical (unpaired) electrons. The Morgan fingerprint density at radius 2 is 2.20 bits per heavy atom. The van der Waals surface area contributed by atoms with Crippen LogP contribution in [0.2, 0.25) is 0 Å². The van der Waals surface area contributed by atoms with Crippen molar-refractivity contribution in [3.63, 3.8) is 0 Å². The SMILES string of the molecule is Nc1cnn(Cc2nc3ccc(F)cc3n2C2CC2)c1. The number of benzene rings is 1. The van der Waals surface area contributed by atoms with Crippen molar-refractivity contribution in [3.05, 3.63) is 42.2 Å². The highest BCUT2D eigenvalue weighted by Crippen LogP contribution is 2.38. The molecule has 6 heteroatoms. The molecule has 0 amide bonds. The fourth-order valence-corrected chi connectivity index (χ4v) is 2.58. The fourth-order valence-electron chi connectivity index (χ4n) is 2.58. The fraction of sp³-hybridized carbons (Fsp3) is 0.286. The molecule has 2 heterocycles. The number of anilines is 1. The number of rotatable bonds is 3. The number of fused-ring (bicyclic) bond motifs is 1. The molecule has 1 fully saturated rings. The van der Waals surface area contributed by atoms with Crippen LogP contribution in [0.4, 0.5) is 10.1 Å². The number of hydrogen-bond acceptors (Lipinski definition) is 3. The Morgan fingerprint density at radius 3 is 2.90 bits per heavy atom. The van der Waals surface area contributed by atoms with Crippen molar-refractivity contribution in [2.24, 2.45) is 0 Å². The second-order valence-corrected chi connectivity index (χ2v) is 5.23. The predicted molar refractivity (Wildman–Crippen MR) is 73.7 cm³/mol. The summed E-state index contributed by atoms with van der Waals surface area (Å²) in [6.07, 6.45) is 5.63. The van der Waals surface area contributed by atoms with Crippen LogP contribution in [-0.4, -0.2) is 19.3 Å². The van der Waals surface area contributed by atoms with E-state index in [1.807, 2.05) is 0 Å². The molecule has 4 rings (SSSR count). The monoisotopic (exact) mass is 271 g/mol. The number of halogens is 1. The van der Waals surface area contributed by atoms with Crippen molar-refractivity contribution in [1.29, 1.82) is 0 Å². The number of aromatic nitrogens is 4. The van der Waals surface area contributed by atoms with Gasteiger partial charge in [-0.3, -0.25) is 4.68 Å². The number of imidazole rings is 1. The minimum absolute atomic E-state index is 0.228. The Labute approximate surface area is 114 Å². The van der Waals surface area contributed by atoms with Crippen LogP contribution in [0.3, 0.4) is 0 Å². The van der Waals surface area contributed by atoms with Gasteiger partial charge in [-0.05, 0) is 31.0 Å². The first-order valence-corrected chi connectivity index (χ1v) is 6.65. The zero-order valence-corrected chi connectivity index (χ0v) is 10.8. The topological polar surface area (TPSA) is 61.7 Å². The average Bonchev–Trinajstić information content (AvgIpc) is 3.07. The second kappa shape index (κ2) is 4.06. The first-order chi connectivity index (χ1) is 9.70. The molecule has 0 aliphatic heterocycles. The molecule has 2 aromatic heterocycles. The summed E-state index contributed by atoms with van der Waals surface area (Å²) in [7, 11) is 0. The highest BCUT2D eigenvalue weighted by Gasteiger charge is 2.28. The van der Waals surface area contributed by atoms with E-state index in [1.165, 1.54) is 6.07 Å². The third kappa shape index (κ3) is 1.84. The van der Waals surface area contributed by atoms with Crippen molar-refractivity contribution >= 4 is 16.7 Å². The molecule has 0 unspecified atom stereocenters. The Bertz CT molecular complexity index is 784. The van der Waals surface area contributed by atoms with E-state index in [0.717, 1.165) is 29.7 Å². The Balaban J connectivity index is 1.83. The Morgan fingerprint density at radius 1 is 1.35 bits per heavy atom. The molecule has 1 aromatic carbocycles. The van der Waals surface area contributed by atoms with Crippen LogP contribution < -0.4 is 5.73 Å². The van der Waals surface area contributed by atoms with Crippen molar-refractivity contribution in [1.82, 2.24) is 19.3 Å². The summed E-state index contributed by atoms with van der Waals surface area (Å²) in [6, 6.07) is 5.17. The first kappa shape index (κ1) is 11.5. The smallest absolute Gasteiger partial charge is 0.131 e. The largest absolute Gasteiger partial charge is 0.396 e. The van der Waals surface area contributed by atoms with Gasteiger partial charge in [0.15, 0.2) is 0 Å². The summed E-state index contributed by atoms with van der Waals surface area (Å²) in [5.41, 5.74) is 8.00. The van der Waals surface area contributed by atoms with E-state index < -0.39 is 0 Å². The lowest BCUT2D eigenvalue weighted by Gasteiger charge is -2.07. The molecule has 0 bridgehead atoms. The van der Waals surface area contributed by atoms with Crippen molar-refractivity contribution in [2.75, 3.05) is 5.73 Å². The van der Waals surface area contributed by atoms with Crippen LogP contribution in [0.5, 0.6) is 0 Å². The molecular weight excluding hydrogens is 257 g/mol. The average molecular weight is 271 g/mol. The van der Waals surface area contributed by atoms with Crippen LogP contribution in [0.25, 0.3) is 11.0 Å². The number of nitrogen functional groups attached to an aromatic ring is 1. The standard InChI is InChI=1S/C14H14FN5/c15-9-1-4-12-13(5-9)20(11-2-3-11)14(18-12)8-19-7-10(16)6-17-19/h1,4-7,11H,2-3,8,16H2. The molecule has 1 aliphatic carbocycles. The quantitative estimate of drug-likeness (QED) is 0.795. The van der Waals surface area contributed by atoms with E-state index in [0.29, 0.717) is 18.3 Å². The van der Waals surface area contributed by atoms with Gasteiger partial charge in [-0.15, -0.1) is 0 Å². The summed E-state index contributed by atoms with van der Waals surface area (Å²) < 4.78 is 17.4. The maximum atomic E-state index is 13.5. The minimum Gasteiger partial charge on any atom is -0.396 e. The van der Waals surface area contributed by atoms with Gasteiger partial charge in [0.1, 0.15) is 11.6 Å². The molecule has 102 valence electrons. The van der Waals surface area contributed by atoms with Crippen molar-refractivity contribution in [3.8, 4) is 0 Å². The molecule has 20 heavy (non-hydrogen) atoms. The van der Waals surface area contributed by atoms with Crippen LogP contribution in [0.15, 0.2) is 30.6 Å². The third-order valence-corrected chi connectivity index (χ3v) is 3.59. The molecule has 1 aliphatic rings. The summed E-state index contributed by atoms with van der Waals surface area (Å²) >= 11 is 0. The van der Waals surface area contributed by atoms with Gasteiger partial charge in [0.05, 0.1) is 29.5 Å². The predicted octanol–water partition coefficient (Wildman–Crippen LogP) is 2.34. The van der Waals surface area contributed by atoms with Crippen molar-refractivity contribution < 1.29 is 4.39 Å². The zero-order chi connectivity index (χ0) is 13.7. The van der Waals surface area contributed by atoms with Crippen molar-refractivity contribution in [2.45, 2.75) is 25.4 Å². The maximum Gasteiger partial charge on any atom is 0.131 e. The van der Waals surface area contributed by atoms with E-state index in [4.69, 9.17) is 5.73 Å². The van der Waals surface area contributed by atoms with E-state index in [-0.39, 0.29) is 5.82 Å². The summed E-state index contributed by atoms with van der Waals surface area (Å²) in [4.78, 5) is 4.61. The third-order valence-electron chi connectivity index (χ3n) is 3.59. The van der Waals surface area contributed by atoms with Crippen LogP contribution in [-0.2, 0) is 6.54 Å². The molecule has 1 saturated carbocycles. The van der Waals surface area contributed by atoms with Gasteiger partial charge in [-0.2, -0.15) is 5.10 Å². The molecule has 0 spiro atoms. The van der Waals surface area contributed by atoms with Crippen LogP contribution in [0.1, 0.15) is 24.7 Å². The second-order valence-electron chi connectivity index (χ2n) is 5.23. The summed E-state index contributed by atoms with van der Waals surface area (Å²) in [5, 5.41) is 4.18. The van der Waals surface area contributed by atoms with E-state index in [2.05, 4.69) is 14.6 Å². The number of hydrogen-bond donors (Lipinski definition) is 1. The zero-order valence-electron chi connectivity index (χ0n) is 10.8. The Kier molecular flexibility index (Phi) is 2.33. The Hall–Kier alpha value is -2.37. The highest BCUT2D eigenvalue weighted by molar-refractivity contribution is 5.76. The lowest BCUT2D eigenvalue weighted by Crippen LogP contribution is -2.08. The van der Waals surface area contributed by atoms with Gasteiger partial charge in [-0.1, -0.05) is 0 Å². The molecule has 0 saturated heterocycles.